The molecule has 1 atom stereocenters. The number of anilines is 1. The van der Waals surface area contributed by atoms with Gasteiger partial charge in [-0.15, -0.1) is 6.58 Å². The molecule has 19 heavy (non-hydrogen) atoms. The van der Waals surface area contributed by atoms with Gasteiger partial charge in [0.05, 0.1) is 5.54 Å². The van der Waals surface area contributed by atoms with E-state index in [1.54, 1.807) is 0 Å². The molecule has 0 spiro atoms. The zero-order chi connectivity index (χ0) is 13.5. The number of hydrogen-bond donors (Lipinski definition) is 0. The Kier molecular flexibility index (Phi) is 2.53. The van der Waals surface area contributed by atoms with E-state index in [2.05, 4.69) is 6.58 Å². The predicted octanol–water partition coefficient (Wildman–Crippen LogP) is 3.75. The van der Waals surface area contributed by atoms with E-state index in [9.17, 15) is 4.79 Å². The third-order valence-electron chi connectivity index (χ3n) is 3.78. The monoisotopic (exact) mass is 249 g/mol. The minimum absolute atomic E-state index is 0.0317. The van der Waals surface area contributed by atoms with Crippen LogP contribution in [-0.4, -0.2) is 5.91 Å². The molecule has 1 heterocycles. The molecule has 3 rings (SSSR count). The number of para-hydroxylation sites is 1. The Bertz CT molecular complexity index is 647. The summed E-state index contributed by atoms with van der Waals surface area (Å²) in [6.07, 6.45) is 1.84. The molecule has 0 saturated carbocycles. The minimum Gasteiger partial charge on any atom is -0.295 e. The van der Waals surface area contributed by atoms with Gasteiger partial charge in [-0.1, -0.05) is 42.5 Å². The molecule has 0 aliphatic carbocycles. The first-order chi connectivity index (χ1) is 9.18. The summed E-state index contributed by atoms with van der Waals surface area (Å²) in [7, 11) is 0. The molecule has 0 radical (unpaired) electrons. The van der Waals surface area contributed by atoms with Crippen LogP contribution in [0.3, 0.4) is 0 Å². The topological polar surface area (TPSA) is 20.3 Å². The molecule has 2 heteroatoms. The van der Waals surface area contributed by atoms with Gasteiger partial charge in [0.15, 0.2) is 0 Å². The van der Waals surface area contributed by atoms with Crippen LogP contribution in [0.25, 0.3) is 0 Å². The van der Waals surface area contributed by atoms with Gasteiger partial charge in [-0.25, -0.2) is 0 Å². The van der Waals surface area contributed by atoms with Gasteiger partial charge in [0.2, 0.25) is 0 Å². The van der Waals surface area contributed by atoms with Crippen molar-refractivity contribution in [3.8, 4) is 0 Å². The molecule has 1 aliphatic heterocycles. The maximum absolute atomic E-state index is 12.6. The summed E-state index contributed by atoms with van der Waals surface area (Å²) in [5, 5.41) is 0. The van der Waals surface area contributed by atoms with E-state index in [4.69, 9.17) is 0 Å². The second-order valence-electron chi connectivity index (χ2n) is 4.87. The molecule has 94 valence electrons. The Morgan fingerprint density at radius 1 is 1.05 bits per heavy atom. The van der Waals surface area contributed by atoms with Crippen molar-refractivity contribution < 1.29 is 4.79 Å². The van der Waals surface area contributed by atoms with Crippen LogP contribution < -0.4 is 4.90 Å². The third-order valence-corrected chi connectivity index (χ3v) is 3.78. The van der Waals surface area contributed by atoms with Crippen molar-refractivity contribution in [2.75, 3.05) is 4.90 Å². The van der Waals surface area contributed by atoms with Crippen LogP contribution in [0.1, 0.15) is 22.8 Å². The Labute approximate surface area is 113 Å². The lowest BCUT2D eigenvalue weighted by Gasteiger charge is -2.33. The normalized spacial score (nSPS) is 21.3. The molecule has 2 aromatic carbocycles. The SMILES string of the molecule is C=C[C@@]1(C)c2ccccc2C(=O)N1c1ccccc1. The molecular formula is C17H15NO. The van der Waals surface area contributed by atoms with E-state index >= 15 is 0 Å². The van der Waals surface area contributed by atoms with Crippen molar-refractivity contribution in [2.24, 2.45) is 0 Å². The number of hydrogen-bond acceptors (Lipinski definition) is 1. The number of benzene rings is 2. The van der Waals surface area contributed by atoms with Gasteiger partial charge in [-0.3, -0.25) is 9.69 Å². The van der Waals surface area contributed by atoms with Crippen molar-refractivity contribution in [3.63, 3.8) is 0 Å². The lowest BCUT2D eigenvalue weighted by Crippen LogP contribution is -2.40. The summed E-state index contributed by atoms with van der Waals surface area (Å²) in [5.74, 6) is 0.0317. The molecule has 0 unspecified atom stereocenters. The van der Waals surface area contributed by atoms with E-state index in [1.807, 2.05) is 72.5 Å². The quantitative estimate of drug-likeness (QED) is 0.742. The van der Waals surface area contributed by atoms with Crippen LogP contribution in [0.2, 0.25) is 0 Å². The van der Waals surface area contributed by atoms with E-state index in [-0.39, 0.29) is 5.91 Å². The van der Waals surface area contributed by atoms with Crippen molar-refractivity contribution >= 4 is 11.6 Å². The maximum atomic E-state index is 12.6. The number of carbonyl (C=O) groups excluding carboxylic acids is 1. The fourth-order valence-electron chi connectivity index (χ4n) is 2.73. The van der Waals surface area contributed by atoms with E-state index in [1.165, 1.54) is 0 Å². The largest absolute Gasteiger partial charge is 0.295 e. The van der Waals surface area contributed by atoms with Crippen LogP contribution >= 0.6 is 0 Å². The van der Waals surface area contributed by atoms with Crippen molar-refractivity contribution in [3.05, 3.63) is 78.4 Å². The van der Waals surface area contributed by atoms with E-state index in [0.717, 1.165) is 16.8 Å². The number of carbonyl (C=O) groups is 1. The summed E-state index contributed by atoms with van der Waals surface area (Å²) in [6, 6.07) is 17.5. The fraction of sp³-hybridized carbons (Fsp3) is 0.118. The van der Waals surface area contributed by atoms with Gasteiger partial charge in [-0.2, -0.15) is 0 Å². The predicted molar refractivity (Wildman–Crippen MR) is 77.2 cm³/mol. The average Bonchev–Trinajstić information content (AvgIpc) is 2.70. The summed E-state index contributed by atoms with van der Waals surface area (Å²) >= 11 is 0. The molecule has 0 aromatic heterocycles. The van der Waals surface area contributed by atoms with Crippen molar-refractivity contribution in [2.45, 2.75) is 12.5 Å². The van der Waals surface area contributed by atoms with E-state index < -0.39 is 5.54 Å². The lowest BCUT2D eigenvalue weighted by molar-refractivity contribution is 0.0985. The third kappa shape index (κ3) is 1.53. The Morgan fingerprint density at radius 3 is 2.37 bits per heavy atom. The highest BCUT2D eigenvalue weighted by atomic mass is 16.2. The smallest absolute Gasteiger partial charge is 0.259 e. The number of fused-ring (bicyclic) bond motifs is 1. The Balaban J connectivity index is 2.23. The highest BCUT2D eigenvalue weighted by Gasteiger charge is 2.44. The highest BCUT2D eigenvalue weighted by Crippen LogP contribution is 2.42. The Morgan fingerprint density at radius 2 is 1.68 bits per heavy atom. The zero-order valence-corrected chi connectivity index (χ0v) is 10.8. The van der Waals surface area contributed by atoms with Crippen LogP contribution in [0, 0.1) is 0 Å². The second kappa shape index (κ2) is 4.09. The van der Waals surface area contributed by atoms with Gasteiger partial charge < -0.3 is 0 Å². The van der Waals surface area contributed by atoms with E-state index in [0.29, 0.717) is 0 Å². The first-order valence-corrected chi connectivity index (χ1v) is 6.31. The molecule has 0 fully saturated rings. The summed E-state index contributed by atoms with van der Waals surface area (Å²) in [4.78, 5) is 14.5. The van der Waals surface area contributed by atoms with Gasteiger partial charge in [0.1, 0.15) is 0 Å². The standard InChI is InChI=1S/C17H15NO/c1-3-17(2)15-12-8-7-11-14(15)16(19)18(17)13-9-5-4-6-10-13/h3-12H,1H2,2H3/t17-/m0/s1. The van der Waals surface area contributed by atoms with Gasteiger partial charge in [-0.05, 0) is 30.7 Å². The molecule has 0 saturated heterocycles. The molecule has 1 amide bonds. The molecular weight excluding hydrogens is 234 g/mol. The molecule has 2 aromatic rings. The summed E-state index contributed by atoms with van der Waals surface area (Å²) in [6.45, 7) is 5.95. The van der Waals surface area contributed by atoms with Gasteiger partial charge in [0, 0.05) is 11.3 Å². The van der Waals surface area contributed by atoms with Crippen LogP contribution in [0.15, 0.2) is 67.3 Å². The maximum Gasteiger partial charge on any atom is 0.259 e. The van der Waals surface area contributed by atoms with Crippen LogP contribution in [-0.2, 0) is 5.54 Å². The fourth-order valence-corrected chi connectivity index (χ4v) is 2.73. The molecule has 2 nitrogen and oxygen atoms in total. The van der Waals surface area contributed by atoms with Crippen LogP contribution in [0.4, 0.5) is 5.69 Å². The van der Waals surface area contributed by atoms with Gasteiger partial charge >= 0.3 is 0 Å². The highest BCUT2D eigenvalue weighted by molar-refractivity contribution is 6.12. The lowest BCUT2D eigenvalue weighted by atomic mass is 9.91. The number of rotatable bonds is 2. The number of nitrogens with zero attached hydrogens (tertiary/aromatic N) is 1. The summed E-state index contributed by atoms with van der Waals surface area (Å²) < 4.78 is 0. The molecule has 1 aliphatic rings. The zero-order valence-electron chi connectivity index (χ0n) is 10.8. The van der Waals surface area contributed by atoms with Crippen molar-refractivity contribution in [1.82, 2.24) is 0 Å². The van der Waals surface area contributed by atoms with Crippen molar-refractivity contribution in [1.29, 1.82) is 0 Å². The molecule has 0 N–H and O–H groups in total. The van der Waals surface area contributed by atoms with Crippen LogP contribution in [0.5, 0.6) is 0 Å². The Hall–Kier alpha value is -2.35. The number of amides is 1. The molecule has 0 bridgehead atoms. The minimum atomic E-state index is -0.491. The van der Waals surface area contributed by atoms with Gasteiger partial charge in [0.25, 0.3) is 5.91 Å². The first kappa shape index (κ1) is 11.7. The first-order valence-electron chi connectivity index (χ1n) is 6.31. The summed E-state index contributed by atoms with van der Waals surface area (Å²) in [5.41, 5.74) is 2.17. The second-order valence-corrected chi connectivity index (χ2v) is 4.87. The average molecular weight is 249 g/mol.